The average molecular weight is 288 g/mol. The van der Waals surface area contributed by atoms with Crippen LogP contribution in [0.3, 0.4) is 0 Å². The maximum absolute atomic E-state index is 9.00. The Morgan fingerprint density at radius 3 is 2.86 bits per heavy atom. The first-order valence-electron chi connectivity index (χ1n) is 8.53. The molecule has 1 heterocycles. The van der Waals surface area contributed by atoms with E-state index in [-0.39, 0.29) is 0 Å². The highest BCUT2D eigenvalue weighted by molar-refractivity contribution is 5.32. The lowest BCUT2D eigenvalue weighted by atomic mass is 9.87. The molecule has 0 radical (unpaired) electrons. The molecule has 1 atom stereocenters. The van der Waals surface area contributed by atoms with Gasteiger partial charge in [0.25, 0.3) is 0 Å². The number of rotatable bonds is 4. The van der Waals surface area contributed by atoms with E-state index in [1.807, 2.05) is 0 Å². The molecule has 2 aliphatic rings. The van der Waals surface area contributed by atoms with Crippen LogP contribution in [0, 0.1) is 0 Å². The van der Waals surface area contributed by atoms with Gasteiger partial charge < -0.3 is 10.0 Å². The third-order valence-electron chi connectivity index (χ3n) is 5.03. The minimum Gasteiger partial charge on any atom is -0.396 e. The van der Waals surface area contributed by atoms with Gasteiger partial charge in [-0.1, -0.05) is 24.3 Å². The Hall–Kier alpha value is -0.900. The average Bonchev–Trinajstić information content (AvgIpc) is 2.78. The van der Waals surface area contributed by atoms with Gasteiger partial charge in [-0.05, 0) is 49.8 Å². The summed E-state index contributed by atoms with van der Waals surface area (Å²) in [5, 5.41) is 9.00. The van der Waals surface area contributed by atoms with E-state index in [0.717, 1.165) is 19.5 Å². The summed E-state index contributed by atoms with van der Waals surface area (Å²) in [5.74, 6) is 0. The largest absolute Gasteiger partial charge is 0.396 e. The first kappa shape index (κ1) is 15.0. The minimum absolute atomic E-state index is 0.316. The Labute approximate surface area is 128 Å². The number of nitrogens with zero attached hydrogens (tertiary/aromatic N) is 2. The smallest absolute Gasteiger partial charge is 0.0443 e. The van der Waals surface area contributed by atoms with Crippen LogP contribution in [0.25, 0.3) is 0 Å². The molecule has 1 aliphatic carbocycles. The molecule has 3 nitrogen and oxygen atoms in total. The lowest BCUT2D eigenvalue weighted by Gasteiger charge is -2.35. The zero-order valence-electron chi connectivity index (χ0n) is 13.0. The fourth-order valence-electron chi connectivity index (χ4n) is 3.93. The summed E-state index contributed by atoms with van der Waals surface area (Å²) >= 11 is 0. The summed E-state index contributed by atoms with van der Waals surface area (Å²) in [6.45, 7) is 6.09. The lowest BCUT2D eigenvalue weighted by molar-refractivity contribution is 0.178. The lowest BCUT2D eigenvalue weighted by Crippen LogP contribution is -2.35. The minimum atomic E-state index is 0.316. The van der Waals surface area contributed by atoms with Gasteiger partial charge in [-0.3, -0.25) is 4.90 Å². The van der Waals surface area contributed by atoms with Crippen LogP contribution in [0.2, 0.25) is 0 Å². The van der Waals surface area contributed by atoms with Crippen molar-refractivity contribution in [1.82, 2.24) is 9.80 Å². The predicted molar refractivity (Wildman–Crippen MR) is 86.5 cm³/mol. The van der Waals surface area contributed by atoms with Gasteiger partial charge in [0, 0.05) is 38.8 Å². The molecule has 1 fully saturated rings. The second-order valence-corrected chi connectivity index (χ2v) is 6.42. The standard InChI is InChI=1S/C18H28N2O/c21-15-5-11-19-10-4-12-20(14-13-19)18-9-3-7-16-6-1-2-8-17(16)18/h1-2,6,8,18,21H,3-5,7,9-15H2. The Bertz CT molecular complexity index is 449. The van der Waals surface area contributed by atoms with Crippen LogP contribution in [0.15, 0.2) is 24.3 Å². The highest BCUT2D eigenvalue weighted by Crippen LogP contribution is 2.34. The maximum atomic E-state index is 9.00. The first-order valence-corrected chi connectivity index (χ1v) is 8.53. The van der Waals surface area contributed by atoms with Crippen molar-refractivity contribution in [2.24, 2.45) is 0 Å². The van der Waals surface area contributed by atoms with Gasteiger partial charge in [0.05, 0.1) is 0 Å². The number of hydrogen-bond acceptors (Lipinski definition) is 3. The van der Waals surface area contributed by atoms with Gasteiger partial charge in [0.15, 0.2) is 0 Å². The Kier molecular flexibility index (Phi) is 5.28. The molecule has 3 rings (SSSR count). The zero-order valence-corrected chi connectivity index (χ0v) is 13.0. The maximum Gasteiger partial charge on any atom is 0.0443 e. The Morgan fingerprint density at radius 2 is 1.95 bits per heavy atom. The predicted octanol–water partition coefficient (Wildman–Crippen LogP) is 2.45. The molecule has 1 saturated heterocycles. The molecule has 116 valence electrons. The van der Waals surface area contributed by atoms with Crippen LogP contribution in [-0.2, 0) is 6.42 Å². The van der Waals surface area contributed by atoms with Crippen molar-refractivity contribution in [2.45, 2.75) is 38.1 Å². The molecule has 1 unspecified atom stereocenters. The molecule has 0 saturated carbocycles. The van der Waals surface area contributed by atoms with Gasteiger partial charge in [0.1, 0.15) is 0 Å². The fraction of sp³-hybridized carbons (Fsp3) is 0.667. The SMILES string of the molecule is OCCCN1CCCN(C2CCCc3ccccc32)CC1. The quantitative estimate of drug-likeness (QED) is 0.922. The number of benzene rings is 1. The van der Waals surface area contributed by atoms with E-state index in [2.05, 4.69) is 34.1 Å². The molecule has 1 aromatic carbocycles. The Balaban J connectivity index is 1.65. The van der Waals surface area contributed by atoms with Crippen LogP contribution in [0.1, 0.15) is 42.9 Å². The van der Waals surface area contributed by atoms with Crippen LogP contribution in [0.4, 0.5) is 0 Å². The molecule has 1 aromatic rings. The van der Waals surface area contributed by atoms with Gasteiger partial charge in [-0.15, -0.1) is 0 Å². The van der Waals surface area contributed by atoms with Crippen LogP contribution in [0.5, 0.6) is 0 Å². The van der Waals surface area contributed by atoms with Crippen molar-refractivity contribution in [3.63, 3.8) is 0 Å². The van der Waals surface area contributed by atoms with E-state index in [1.54, 1.807) is 11.1 Å². The van der Waals surface area contributed by atoms with Crippen molar-refractivity contribution in [2.75, 3.05) is 39.3 Å². The van der Waals surface area contributed by atoms with Crippen LogP contribution < -0.4 is 0 Å². The van der Waals surface area contributed by atoms with Gasteiger partial charge in [0.2, 0.25) is 0 Å². The van der Waals surface area contributed by atoms with E-state index in [1.165, 1.54) is 45.3 Å². The summed E-state index contributed by atoms with van der Waals surface area (Å²) in [6, 6.07) is 9.66. The van der Waals surface area contributed by atoms with Gasteiger partial charge in [-0.2, -0.15) is 0 Å². The zero-order chi connectivity index (χ0) is 14.5. The van der Waals surface area contributed by atoms with Crippen LogP contribution in [-0.4, -0.2) is 54.2 Å². The van der Waals surface area contributed by atoms with Gasteiger partial charge in [-0.25, -0.2) is 0 Å². The normalized spacial score (nSPS) is 24.5. The van der Waals surface area contributed by atoms with Crippen molar-refractivity contribution in [3.05, 3.63) is 35.4 Å². The third-order valence-corrected chi connectivity index (χ3v) is 5.03. The number of aryl methyl sites for hydroxylation is 1. The third kappa shape index (κ3) is 3.65. The van der Waals surface area contributed by atoms with E-state index >= 15 is 0 Å². The number of hydrogen-bond donors (Lipinski definition) is 1. The van der Waals surface area contributed by atoms with Gasteiger partial charge >= 0.3 is 0 Å². The highest BCUT2D eigenvalue weighted by Gasteiger charge is 2.27. The van der Waals surface area contributed by atoms with E-state index in [9.17, 15) is 0 Å². The summed E-state index contributed by atoms with van der Waals surface area (Å²) in [5.41, 5.74) is 3.14. The molecular formula is C18H28N2O. The molecule has 0 bridgehead atoms. The molecule has 21 heavy (non-hydrogen) atoms. The van der Waals surface area contributed by atoms with E-state index < -0.39 is 0 Å². The molecule has 0 aromatic heterocycles. The monoisotopic (exact) mass is 288 g/mol. The molecule has 1 N–H and O–H groups in total. The second kappa shape index (κ2) is 7.39. The molecule has 0 amide bonds. The number of fused-ring (bicyclic) bond motifs is 1. The number of aliphatic hydroxyl groups excluding tert-OH is 1. The fourth-order valence-corrected chi connectivity index (χ4v) is 3.93. The summed E-state index contributed by atoms with van der Waals surface area (Å²) in [4.78, 5) is 5.22. The Morgan fingerprint density at radius 1 is 1.05 bits per heavy atom. The number of aliphatic hydroxyl groups is 1. The van der Waals surface area contributed by atoms with Crippen LogP contribution >= 0.6 is 0 Å². The molecule has 0 spiro atoms. The summed E-state index contributed by atoms with van der Waals surface area (Å²) in [7, 11) is 0. The summed E-state index contributed by atoms with van der Waals surface area (Å²) in [6.07, 6.45) is 6.06. The topological polar surface area (TPSA) is 26.7 Å². The molecule has 3 heteroatoms. The van der Waals surface area contributed by atoms with Crippen molar-refractivity contribution >= 4 is 0 Å². The molecule has 1 aliphatic heterocycles. The van der Waals surface area contributed by atoms with Crippen molar-refractivity contribution in [1.29, 1.82) is 0 Å². The van der Waals surface area contributed by atoms with Crippen molar-refractivity contribution in [3.8, 4) is 0 Å². The second-order valence-electron chi connectivity index (χ2n) is 6.42. The first-order chi connectivity index (χ1) is 10.4. The molecular weight excluding hydrogens is 260 g/mol. The highest BCUT2D eigenvalue weighted by atomic mass is 16.3. The van der Waals surface area contributed by atoms with Crippen molar-refractivity contribution < 1.29 is 5.11 Å². The van der Waals surface area contributed by atoms with E-state index in [4.69, 9.17) is 5.11 Å². The summed E-state index contributed by atoms with van der Waals surface area (Å²) < 4.78 is 0. The van der Waals surface area contributed by atoms with E-state index in [0.29, 0.717) is 12.6 Å².